The van der Waals surface area contributed by atoms with Gasteiger partial charge < -0.3 is 10.2 Å². The number of carbonyl (C=O) groups excluding carboxylic acids is 1. The van der Waals surface area contributed by atoms with Crippen LogP contribution >= 0.6 is 23.2 Å². The molecule has 1 aliphatic heterocycles. The van der Waals surface area contributed by atoms with Gasteiger partial charge in [-0.15, -0.1) is 0 Å². The summed E-state index contributed by atoms with van der Waals surface area (Å²) in [6.45, 7) is 1.93. The zero-order valence-electron chi connectivity index (χ0n) is 13.1. The largest absolute Gasteiger partial charge is 0.341 e. The molecule has 2 aromatic rings. The van der Waals surface area contributed by atoms with Gasteiger partial charge >= 0.3 is 0 Å². The van der Waals surface area contributed by atoms with Crippen molar-refractivity contribution in [1.82, 2.24) is 9.97 Å². The zero-order chi connectivity index (χ0) is 16.9. The van der Waals surface area contributed by atoms with Crippen LogP contribution in [0.15, 0.2) is 30.6 Å². The molecule has 0 atom stereocenters. The van der Waals surface area contributed by atoms with Gasteiger partial charge in [-0.1, -0.05) is 36.0 Å². The van der Waals surface area contributed by atoms with Crippen LogP contribution in [-0.2, 0) is 0 Å². The maximum absolute atomic E-state index is 12.3. The summed E-state index contributed by atoms with van der Waals surface area (Å²) in [6, 6.07) is 4.94. The molecule has 0 radical (unpaired) electrons. The molecule has 2 heterocycles. The van der Waals surface area contributed by atoms with Gasteiger partial charge in [0.2, 0.25) is 5.95 Å². The number of aromatic nitrogens is 2. The fourth-order valence-electron chi connectivity index (χ4n) is 2.65. The fourth-order valence-corrected chi connectivity index (χ4v) is 2.95. The third kappa shape index (κ3) is 4.16. The molecule has 1 aliphatic rings. The number of hydrogen-bond acceptors (Lipinski definition) is 4. The topological polar surface area (TPSA) is 58.1 Å². The molecule has 7 heteroatoms. The van der Waals surface area contributed by atoms with Crippen LogP contribution in [0.2, 0.25) is 10.0 Å². The van der Waals surface area contributed by atoms with Crippen molar-refractivity contribution >= 4 is 40.7 Å². The average Bonchev–Trinajstić information content (AvgIpc) is 2.88. The van der Waals surface area contributed by atoms with Gasteiger partial charge in [0.15, 0.2) is 0 Å². The number of nitrogens with one attached hydrogen (secondary N) is 1. The van der Waals surface area contributed by atoms with Crippen molar-refractivity contribution < 1.29 is 4.79 Å². The quantitative estimate of drug-likeness (QED) is 0.875. The van der Waals surface area contributed by atoms with Gasteiger partial charge in [-0.05, 0) is 31.0 Å². The molecule has 0 saturated carbocycles. The van der Waals surface area contributed by atoms with Gasteiger partial charge in [0.25, 0.3) is 5.91 Å². The van der Waals surface area contributed by atoms with Crippen LogP contribution in [0.25, 0.3) is 0 Å². The van der Waals surface area contributed by atoms with E-state index in [1.54, 1.807) is 30.6 Å². The first-order chi connectivity index (χ1) is 11.6. The molecule has 3 rings (SSSR count). The van der Waals surface area contributed by atoms with Crippen molar-refractivity contribution in [2.24, 2.45) is 0 Å². The average molecular weight is 365 g/mol. The van der Waals surface area contributed by atoms with E-state index in [9.17, 15) is 4.79 Å². The summed E-state index contributed by atoms with van der Waals surface area (Å²) in [5, 5.41) is 3.59. The number of nitrogens with zero attached hydrogens (tertiary/aromatic N) is 3. The lowest BCUT2D eigenvalue weighted by Gasteiger charge is -2.19. The Hall–Kier alpha value is -1.85. The molecule has 1 saturated heterocycles. The van der Waals surface area contributed by atoms with Crippen LogP contribution in [0.5, 0.6) is 0 Å². The molecule has 1 fully saturated rings. The molecular formula is C17H18Cl2N4O. The highest BCUT2D eigenvalue weighted by molar-refractivity contribution is 6.42. The first-order valence-electron chi connectivity index (χ1n) is 7.97. The first-order valence-corrected chi connectivity index (χ1v) is 8.72. The molecule has 1 amide bonds. The van der Waals surface area contributed by atoms with E-state index in [-0.39, 0.29) is 5.91 Å². The van der Waals surface area contributed by atoms with E-state index in [1.165, 1.54) is 12.8 Å². The van der Waals surface area contributed by atoms with E-state index in [4.69, 9.17) is 23.2 Å². The third-order valence-electron chi connectivity index (χ3n) is 3.97. The summed E-state index contributed by atoms with van der Waals surface area (Å²) in [7, 11) is 0. The maximum Gasteiger partial charge on any atom is 0.258 e. The van der Waals surface area contributed by atoms with Crippen molar-refractivity contribution in [2.75, 3.05) is 23.3 Å². The molecule has 1 N–H and O–H groups in total. The molecule has 126 valence electrons. The van der Waals surface area contributed by atoms with Crippen molar-refractivity contribution in [1.29, 1.82) is 0 Å². The maximum atomic E-state index is 12.3. The summed E-state index contributed by atoms with van der Waals surface area (Å²) in [6.07, 6.45) is 7.92. The normalized spacial score (nSPS) is 15.0. The molecule has 0 aliphatic carbocycles. The molecule has 5 nitrogen and oxygen atoms in total. The smallest absolute Gasteiger partial charge is 0.258 e. The summed E-state index contributed by atoms with van der Waals surface area (Å²) in [4.78, 5) is 23.1. The summed E-state index contributed by atoms with van der Waals surface area (Å²) in [5.74, 6) is 0.402. The molecule has 0 bridgehead atoms. The van der Waals surface area contributed by atoms with E-state index >= 15 is 0 Å². The lowest BCUT2D eigenvalue weighted by Crippen LogP contribution is -2.26. The first kappa shape index (κ1) is 17.0. The van der Waals surface area contributed by atoms with Crippen LogP contribution < -0.4 is 10.2 Å². The SMILES string of the molecule is O=C(Nc1ccc(Cl)c(Cl)c1)c1cnc(N2CCCCCC2)nc1. The van der Waals surface area contributed by atoms with Gasteiger partial charge in [-0.3, -0.25) is 4.79 Å². The van der Waals surface area contributed by atoms with Crippen LogP contribution in [0.4, 0.5) is 11.6 Å². The number of carbonyl (C=O) groups is 1. The molecule has 1 aromatic heterocycles. The lowest BCUT2D eigenvalue weighted by molar-refractivity contribution is 0.102. The molecule has 0 unspecified atom stereocenters. The summed E-state index contributed by atoms with van der Waals surface area (Å²) >= 11 is 11.8. The van der Waals surface area contributed by atoms with Gasteiger partial charge in [0.05, 0.1) is 15.6 Å². The number of anilines is 2. The predicted octanol–water partition coefficient (Wildman–Crippen LogP) is 4.42. The highest BCUT2D eigenvalue weighted by Gasteiger charge is 2.14. The number of benzene rings is 1. The lowest BCUT2D eigenvalue weighted by atomic mass is 10.2. The zero-order valence-corrected chi connectivity index (χ0v) is 14.6. The monoisotopic (exact) mass is 364 g/mol. The third-order valence-corrected chi connectivity index (χ3v) is 4.71. The number of amides is 1. The standard InChI is InChI=1S/C17H18Cl2N4O/c18-14-6-5-13(9-15(14)19)22-16(24)12-10-20-17(21-11-12)23-7-3-1-2-4-8-23/h5-6,9-11H,1-4,7-8H2,(H,22,24). The fraction of sp³-hybridized carbons (Fsp3) is 0.353. The molecule has 1 aromatic carbocycles. The molecule has 0 spiro atoms. The van der Waals surface area contributed by atoms with E-state index < -0.39 is 0 Å². The van der Waals surface area contributed by atoms with Crippen LogP contribution in [0.3, 0.4) is 0 Å². The van der Waals surface area contributed by atoms with Crippen LogP contribution in [-0.4, -0.2) is 29.0 Å². The minimum Gasteiger partial charge on any atom is -0.341 e. The Labute approximate surface area is 151 Å². The summed E-state index contributed by atoms with van der Waals surface area (Å²) in [5.41, 5.74) is 0.977. The number of halogens is 2. The van der Waals surface area contributed by atoms with Crippen LogP contribution in [0.1, 0.15) is 36.0 Å². The minimum atomic E-state index is -0.282. The van der Waals surface area contributed by atoms with Crippen molar-refractivity contribution in [3.8, 4) is 0 Å². The Morgan fingerprint density at radius 2 is 1.67 bits per heavy atom. The highest BCUT2D eigenvalue weighted by Crippen LogP contribution is 2.25. The highest BCUT2D eigenvalue weighted by atomic mass is 35.5. The Balaban J connectivity index is 1.68. The van der Waals surface area contributed by atoms with E-state index in [1.807, 2.05) is 0 Å². The second kappa shape index (κ2) is 7.81. The van der Waals surface area contributed by atoms with E-state index in [0.29, 0.717) is 27.2 Å². The Kier molecular flexibility index (Phi) is 5.53. The predicted molar refractivity (Wildman–Crippen MR) is 97.1 cm³/mol. The van der Waals surface area contributed by atoms with Crippen LogP contribution in [0, 0.1) is 0 Å². The van der Waals surface area contributed by atoms with Gasteiger partial charge in [0.1, 0.15) is 0 Å². The second-order valence-corrected chi connectivity index (χ2v) is 6.57. The van der Waals surface area contributed by atoms with Crippen molar-refractivity contribution in [3.63, 3.8) is 0 Å². The Morgan fingerprint density at radius 3 is 2.29 bits per heavy atom. The van der Waals surface area contributed by atoms with Crippen molar-refractivity contribution in [2.45, 2.75) is 25.7 Å². The number of rotatable bonds is 3. The summed E-state index contributed by atoms with van der Waals surface area (Å²) < 4.78 is 0. The van der Waals surface area contributed by atoms with Crippen molar-refractivity contribution in [3.05, 3.63) is 46.2 Å². The van der Waals surface area contributed by atoms with Gasteiger partial charge in [-0.2, -0.15) is 0 Å². The Morgan fingerprint density at radius 1 is 1.00 bits per heavy atom. The Bertz CT molecular complexity index is 713. The number of hydrogen-bond donors (Lipinski definition) is 1. The van der Waals surface area contributed by atoms with E-state index in [0.717, 1.165) is 25.9 Å². The molecule has 24 heavy (non-hydrogen) atoms. The van der Waals surface area contributed by atoms with Gasteiger partial charge in [0, 0.05) is 31.2 Å². The second-order valence-electron chi connectivity index (χ2n) is 5.76. The van der Waals surface area contributed by atoms with E-state index in [2.05, 4.69) is 20.2 Å². The minimum absolute atomic E-state index is 0.282. The molecular weight excluding hydrogens is 347 g/mol. The van der Waals surface area contributed by atoms with Gasteiger partial charge in [-0.25, -0.2) is 9.97 Å².